The second kappa shape index (κ2) is 11.6. The van der Waals surface area contributed by atoms with Crippen molar-refractivity contribution in [1.82, 2.24) is 0 Å². The fraction of sp³-hybridized carbons (Fsp3) is 0.192. The molecule has 34 heavy (non-hydrogen) atoms. The van der Waals surface area contributed by atoms with Crippen LogP contribution >= 0.6 is 0 Å². The maximum absolute atomic E-state index is 12.3. The normalized spacial score (nSPS) is 12.7. The SMILES string of the molecule is COc1cc([C@@H](O)[C@@H](COC(=O)/C=C/c2ccc(O)cc2)Oc2ccccc2OC)ccc1O. The number of phenolic OH excluding ortho intramolecular Hbond substituents is 2. The first kappa shape index (κ1) is 24.5. The van der Waals surface area contributed by atoms with Crippen molar-refractivity contribution in [2.24, 2.45) is 0 Å². The summed E-state index contributed by atoms with van der Waals surface area (Å²) in [6, 6.07) is 17.6. The van der Waals surface area contributed by atoms with Gasteiger partial charge in [0.1, 0.15) is 18.5 Å². The summed E-state index contributed by atoms with van der Waals surface area (Å²) in [5, 5.41) is 30.2. The highest BCUT2D eigenvalue weighted by atomic mass is 16.6. The highest BCUT2D eigenvalue weighted by Gasteiger charge is 2.26. The quantitative estimate of drug-likeness (QED) is 0.305. The average Bonchev–Trinajstić information content (AvgIpc) is 2.86. The highest BCUT2D eigenvalue weighted by Crippen LogP contribution is 2.33. The molecular formula is C26H26O8. The molecule has 3 rings (SSSR count). The number of esters is 1. The third kappa shape index (κ3) is 6.43. The van der Waals surface area contributed by atoms with Crippen molar-refractivity contribution in [2.75, 3.05) is 20.8 Å². The molecule has 8 heteroatoms. The van der Waals surface area contributed by atoms with Crippen LogP contribution in [-0.2, 0) is 9.53 Å². The smallest absolute Gasteiger partial charge is 0.330 e. The van der Waals surface area contributed by atoms with E-state index in [1.807, 2.05) is 0 Å². The van der Waals surface area contributed by atoms with Crippen LogP contribution in [0.1, 0.15) is 17.2 Å². The Morgan fingerprint density at radius 1 is 0.912 bits per heavy atom. The molecule has 0 bridgehead atoms. The number of aliphatic hydroxyl groups excluding tert-OH is 1. The van der Waals surface area contributed by atoms with Crippen LogP contribution in [0.5, 0.6) is 28.7 Å². The van der Waals surface area contributed by atoms with Crippen LogP contribution < -0.4 is 14.2 Å². The predicted octanol–water partition coefficient (Wildman–Crippen LogP) is 3.85. The summed E-state index contributed by atoms with van der Waals surface area (Å²) in [6.45, 7) is -0.277. The van der Waals surface area contributed by atoms with Crippen molar-refractivity contribution >= 4 is 12.0 Å². The molecule has 0 unspecified atom stereocenters. The van der Waals surface area contributed by atoms with Gasteiger partial charge < -0.3 is 34.3 Å². The van der Waals surface area contributed by atoms with Crippen molar-refractivity contribution in [2.45, 2.75) is 12.2 Å². The molecule has 0 amide bonds. The maximum atomic E-state index is 12.3. The Labute approximate surface area is 197 Å². The van der Waals surface area contributed by atoms with Crippen LogP contribution in [-0.4, -0.2) is 48.2 Å². The highest BCUT2D eigenvalue weighted by molar-refractivity contribution is 5.87. The number of ether oxygens (including phenoxy) is 4. The molecule has 178 valence electrons. The van der Waals surface area contributed by atoms with Gasteiger partial charge in [0.25, 0.3) is 0 Å². The van der Waals surface area contributed by atoms with Crippen molar-refractivity contribution in [3.63, 3.8) is 0 Å². The average molecular weight is 466 g/mol. The van der Waals surface area contributed by atoms with Gasteiger partial charge >= 0.3 is 5.97 Å². The molecule has 0 aromatic heterocycles. The Hall–Kier alpha value is -4.17. The van der Waals surface area contributed by atoms with Gasteiger partial charge in [-0.1, -0.05) is 30.3 Å². The molecule has 0 aliphatic rings. The minimum absolute atomic E-state index is 0.0774. The summed E-state index contributed by atoms with van der Waals surface area (Å²) >= 11 is 0. The van der Waals surface area contributed by atoms with Gasteiger partial charge in [-0.05, 0) is 53.6 Å². The standard InChI is InChI=1S/C26H26O8/c1-31-21-5-3-4-6-22(21)34-24(26(30)18-10-13-20(28)23(15-18)32-2)16-33-25(29)14-9-17-7-11-19(27)12-8-17/h3-15,24,26-28,30H,16H2,1-2H3/b14-9+/t24-,26-/m1/s1. The summed E-state index contributed by atoms with van der Waals surface area (Å²) in [5.41, 5.74) is 1.10. The Balaban J connectivity index is 1.78. The molecule has 0 fully saturated rings. The Bertz CT molecular complexity index is 1120. The van der Waals surface area contributed by atoms with E-state index in [9.17, 15) is 20.1 Å². The largest absolute Gasteiger partial charge is 0.508 e. The third-order valence-electron chi connectivity index (χ3n) is 4.94. The Kier molecular flexibility index (Phi) is 8.37. The molecule has 3 aromatic carbocycles. The van der Waals surface area contributed by atoms with E-state index in [-0.39, 0.29) is 23.9 Å². The zero-order valence-corrected chi connectivity index (χ0v) is 18.8. The second-order valence-electron chi connectivity index (χ2n) is 7.24. The fourth-order valence-electron chi connectivity index (χ4n) is 3.12. The van der Waals surface area contributed by atoms with Crippen LogP contribution in [0.3, 0.4) is 0 Å². The zero-order valence-electron chi connectivity index (χ0n) is 18.8. The minimum atomic E-state index is -1.23. The summed E-state index contributed by atoms with van der Waals surface area (Å²) in [6.07, 6.45) is 0.548. The molecule has 0 saturated carbocycles. The first-order valence-corrected chi connectivity index (χ1v) is 10.4. The maximum Gasteiger partial charge on any atom is 0.330 e. The monoisotopic (exact) mass is 466 g/mol. The fourth-order valence-corrected chi connectivity index (χ4v) is 3.12. The summed E-state index contributed by atoms with van der Waals surface area (Å²) in [5.74, 6) is 0.387. The number of methoxy groups -OCH3 is 2. The molecule has 2 atom stereocenters. The molecule has 0 heterocycles. The molecule has 0 saturated heterocycles. The van der Waals surface area contributed by atoms with Gasteiger partial charge in [-0.2, -0.15) is 0 Å². The van der Waals surface area contributed by atoms with Gasteiger partial charge in [-0.3, -0.25) is 0 Å². The van der Waals surface area contributed by atoms with Crippen molar-refractivity contribution in [3.8, 4) is 28.7 Å². The van der Waals surface area contributed by atoms with Gasteiger partial charge in [0.05, 0.1) is 14.2 Å². The van der Waals surface area contributed by atoms with E-state index < -0.39 is 18.2 Å². The molecular weight excluding hydrogens is 440 g/mol. The van der Waals surface area contributed by atoms with E-state index in [4.69, 9.17) is 18.9 Å². The molecule has 0 aliphatic heterocycles. The van der Waals surface area contributed by atoms with E-state index in [0.717, 1.165) is 0 Å². The van der Waals surface area contributed by atoms with Gasteiger partial charge in [0, 0.05) is 6.08 Å². The number of phenols is 2. The van der Waals surface area contributed by atoms with Gasteiger partial charge in [0.2, 0.25) is 0 Å². The lowest BCUT2D eigenvalue weighted by atomic mass is 10.0. The van der Waals surface area contributed by atoms with Crippen molar-refractivity contribution in [1.29, 1.82) is 0 Å². The van der Waals surface area contributed by atoms with Crippen LogP contribution in [0.15, 0.2) is 72.8 Å². The minimum Gasteiger partial charge on any atom is -0.508 e. The number of aromatic hydroxyl groups is 2. The van der Waals surface area contributed by atoms with E-state index in [0.29, 0.717) is 22.6 Å². The lowest BCUT2D eigenvalue weighted by molar-refractivity contribution is -0.142. The van der Waals surface area contributed by atoms with E-state index >= 15 is 0 Å². The molecule has 8 nitrogen and oxygen atoms in total. The summed E-state index contributed by atoms with van der Waals surface area (Å²) in [4.78, 5) is 12.3. The summed E-state index contributed by atoms with van der Waals surface area (Å²) < 4.78 is 21.7. The van der Waals surface area contributed by atoms with Crippen LogP contribution in [0, 0.1) is 0 Å². The molecule has 0 aliphatic carbocycles. The first-order valence-electron chi connectivity index (χ1n) is 10.4. The number of carbonyl (C=O) groups excluding carboxylic acids is 1. The molecule has 3 N–H and O–H groups in total. The van der Waals surface area contributed by atoms with E-state index in [1.54, 1.807) is 42.5 Å². The first-order chi connectivity index (χ1) is 16.4. The number of aliphatic hydroxyl groups is 1. The van der Waals surface area contributed by atoms with E-state index in [1.165, 1.54) is 50.6 Å². The Morgan fingerprint density at radius 2 is 1.59 bits per heavy atom. The van der Waals surface area contributed by atoms with Crippen LogP contribution in [0.2, 0.25) is 0 Å². The second-order valence-corrected chi connectivity index (χ2v) is 7.24. The topological polar surface area (TPSA) is 115 Å². The molecule has 0 radical (unpaired) electrons. The molecule has 3 aromatic rings. The number of hydrogen-bond acceptors (Lipinski definition) is 8. The van der Waals surface area contributed by atoms with Crippen molar-refractivity contribution in [3.05, 3.63) is 83.9 Å². The van der Waals surface area contributed by atoms with Gasteiger partial charge in [0.15, 0.2) is 29.1 Å². The predicted molar refractivity (Wildman–Crippen MR) is 125 cm³/mol. The zero-order chi connectivity index (χ0) is 24.5. The number of hydrogen-bond donors (Lipinski definition) is 3. The van der Waals surface area contributed by atoms with Crippen LogP contribution in [0.4, 0.5) is 0 Å². The number of rotatable bonds is 10. The third-order valence-corrected chi connectivity index (χ3v) is 4.94. The summed E-state index contributed by atoms with van der Waals surface area (Å²) in [7, 11) is 2.89. The number of benzene rings is 3. The lowest BCUT2D eigenvalue weighted by Gasteiger charge is -2.25. The van der Waals surface area contributed by atoms with E-state index in [2.05, 4.69) is 0 Å². The Morgan fingerprint density at radius 3 is 2.26 bits per heavy atom. The van der Waals surface area contributed by atoms with Crippen molar-refractivity contribution < 1.29 is 39.1 Å². The van der Waals surface area contributed by atoms with Gasteiger partial charge in [-0.15, -0.1) is 0 Å². The van der Waals surface area contributed by atoms with Gasteiger partial charge in [-0.25, -0.2) is 4.79 Å². The lowest BCUT2D eigenvalue weighted by Crippen LogP contribution is -2.31. The van der Waals surface area contributed by atoms with Crippen LogP contribution in [0.25, 0.3) is 6.08 Å². The number of carbonyl (C=O) groups is 1. The number of para-hydroxylation sites is 2. The molecule has 0 spiro atoms.